The van der Waals surface area contributed by atoms with Crippen LogP contribution in [0.25, 0.3) is 0 Å². The Morgan fingerprint density at radius 1 is 1.43 bits per heavy atom. The number of aromatic nitrogens is 1. The summed E-state index contributed by atoms with van der Waals surface area (Å²) in [5, 5.41) is 14.2. The molecule has 2 heterocycles. The van der Waals surface area contributed by atoms with Crippen molar-refractivity contribution >= 4 is 40.2 Å². The van der Waals surface area contributed by atoms with Crippen molar-refractivity contribution in [1.82, 2.24) is 4.98 Å². The molecule has 1 aliphatic carbocycles. The number of pyridine rings is 1. The van der Waals surface area contributed by atoms with Crippen molar-refractivity contribution in [2.75, 3.05) is 18.2 Å². The first-order chi connectivity index (χ1) is 10.8. The maximum absolute atomic E-state index is 9.66. The highest BCUT2D eigenvalue weighted by Gasteiger charge is 2.53. The minimum absolute atomic E-state index is 0.0574. The number of thioether (sulfide) groups is 1. The first-order valence-electron chi connectivity index (χ1n) is 7.79. The number of aliphatic hydroxyl groups is 1. The highest BCUT2D eigenvalue weighted by Crippen LogP contribution is 2.42. The molecule has 2 unspecified atom stereocenters. The van der Waals surface area contributed by atoms with Crippen LogP contribution < -0.4 is 5.32 Å². The number of hydrogen-bond donors (Lipinski definition) is 2. The summed E-state index contributed by atoms with van der Waals surface area (Å²) in [5.74, 6) is 0.396. The van der Waals surface area contributed by atoms with Gasteiger partial charge in [-0.25, -0.2) is 4.98 Å². The summed E-state index contributed by atoms with van der Waals surface area (Å²) in [6.07, 6.45) is 2.73. The SMILES string of the molecule is CSc1cc(C)c(I)c(NC2CC(CO)[C@H]3OC(C)(C)O[C@@H]23)n1. The lowest BCUT2D eigenvalue weighted by Gasteiger charge is -2.24. The Balaban J connectivity index is 1.84. The van der Waals surface area contributed by atoms with Crippen LogP contribution in [0.1, 0.15) is 25.8 Å². The molecule has 2 fully saturated rings. The molecule has 0 spiro atoms. The Hall–Kier alpha value is -0.0900. The number of hydrogen-bond acceptors (Lipinski definition) is 6. The molecule has 5 nitrogen and oxygen atoms in total. The largest absolute Gasteiger partial charge is 0.396 e. The molecular formula is C16H23IN2O3S. The highest BCUT2D eigenvalue weighted by atomic mass is 127. The van der Waals surface area contributed by atoms with Gasteiger partial charge in [0.25, 0.3) is 0 Å². The maximum Gasteiger partial charge on any atom is 0.163 e. The average molecular weight is 450 g/mol. The van der Waals surface area contributed by atoms with Crippen LogP contribution in [-0.2, 0) is 9.47 Å². The van der Waals surface area contributed by atoms with E-state index in [-0.39, 0.29) is 30.8 Å². The zero-order chi connectivity index (χ0) is 16.8. The average Bonchev–Trinajstić information content (AvgIpc) is 2.97. The summed E-state index contributed by atoms with van der Waals surface area (Å²) in [4.78, 5) is 4.70. The Kier molecular flexibility index (Phi) is 5.14. The van der Waals surface area contributed by atoms with E-state index in [9.17, 15) is 5.11 Å². The molecule has 0 amide bonds. The molecule has 0 radical (unpaired) electrons. The van der Waals surface area contributed by atoms with Crippen molar-refractivity contribution in [2.45, 2.75) is 56.3 Å². The van der Waals surface area contributed by atoms with Crippen molar-refractivity contribution < 1.29 is 14.6 Å². The predicted molar refractivity (Wildman–Crippen MR) is 99.9 cm³/mol. The van der Waals surface area contributed by atoms with E-state index in [4.69, 9.17) is 14.5 Å². The van der Waals surface area contributed by atoms with E-state index in [2.05, 4.69) is 40.9 Å². The molecule has 0 aromatic carbocycles. The summed E-state index contributed by atoms with van der Waals surface area (Å²) in [7, 11) is 0. The second-order valence-electron chi connectivity index (χ2n) is 6.64. The molecule has 7 heteroatoms. The lowest BCUT2D eigenvalue weighted by molar-refractivity contribution is -0.158. The number of nitrogens with zero attached hydrogens (tertiary/aromatic N) is 1. The zero-order valence-electron chi connectivity index (χ0n) is 13.8. The molecule has 1 saturated heterocycles. The molecule has 2 N–H and O–H groups in total. The van der Waals surface area contributed by atoms with Crippen molar-refractivity contribution in [3.8, 4) is 0 Å². The highest BCUT2D eigenvalue weighted by molar-refractivity contribution is 14.1. The third-order valence-corrected chi connectivity index (χ3v) is 6.45. The summed E-state index contributed by atoms with van der Waals surface area (Å²) < 4.78 is 13.2. The van der Waals surface area contributed by atoms with Gasteiger partial charge in [0.05, 0.1) is 20.7 Å². The van der Waals surface area contributed by atoms with Crippen LogP contribution in [0.3, 0.4) is 0 Å². The second kappa shape index (κ2) is 6.67. The van der Waals surface area contributed by atoms with Gasteiger partial charge < -0.3 is 19.9 Å². The predicted octanol–water partition coefficient (Wildman–Crippen LogP) is 3.03. The molecule has 1 saturated carbocycles. The third kappa shape index (κ3) is 3.49. The quantitative estimate of drug-likeness (QED) is 0.543. The van der Waals surface area contributed by atoms with Gasteiger partial charge in [0.15, 0.2) is 5.79 Å². The number of fused-ring (bicyclic) bond motifs is 1. The third-order valence-electron chi connectivity index (χ3n) is 4.46. The normalized spacial score (nSPS) is 32.1. The van der Waals surface area contributed by atoms with E-state index >= 15 is 0 Å². The van der Waals surface area contributed by atoms with Gasteiger partial charge in [-0.1, -0.05) is 0 Å². The smallest absolute Gasteiger partial charge is 0.163 e. The Morgan fingerprint density at radius 3 is 2.78 bits per heavy atom. The summed E-state index contributed by atoms with van der Waals surface area (Å²) in [6, 6.07) is 2.20. The number of ether oxygens (including phenoxy) is 2. The fourth-order valence-corrected chi connectivity index (χ4v) is 4.32. The lowest BCUT2D eigenvalue weighted by atomic mass is 10.1. The topological polar surface area (TPSA) is 63.6 Å². The lowest BCUT2D eigenvalue weighted by Crippen LogP contribution is -2.35. The van der Waals surface area contributed by atoms with Gasteiger partial charge in [-0.15, -0.1) is 11.8 Å². The van der Waals surface area contributed by atoms with Crippen molar-refractivity contribution in [3.05, 3.63) is 15.2 Å². The number of aliphatic hydroxyl groups excluding tert-OH is 1. The summed E-state index contributed by atoms with van der Waals surface area (Å²) in [5.41, 5.74) is 1.21. The Morgan fingerprint density at radius 2 is 2.13 bits per heavy atom. The van der Waals surface area contributed by atoms with Crippen LogP contribution >= 0.6 is 34.4 Å². The molecule has 1 aromatic heterocycles. The van der Waals surface area contributed by atoms with Crippen LogP contribution in [-0.4, -0.2) is 47.0 Å². The summed E-state index contributed by atoms with van der Waals surface area (Å²) >= 11 is 3.97. The standard InChI is InChI=1S/C16H23IN2O3S/c1-8-5-11(23-4)19-15(12(8)17)18-10-6-9(7-20)13-14(10)22-16(2,3)21-13/h5,9-10,13-14,20H,6-7H2,1-4H3,(H,18,19)/t9?,10?,13-,14+/m1/s1. The molecule has 1 aromatic rings. The second-order valence-corrected chi connectivity index (χ2v) is 8.54. The molecular weight excluding hydrogens is 427 g/mol. The van der Waals surface area contributed by atoms with E-state index in [1.54, 1.807) is 11.8 Å². The fraction of sp³-hybridized carbons (Fsp3) is 0.688. The number of aryl methyl sites for hydroxylation is 1. The number of rotatable bonds is 4. The van der Waals surface area contributed by atoms with E-state index < -0.39 is 5.79 Å². The first kappa shape index (κ1) is 17.7. The van der Waals surface area contributed by atoms with Crippen molar-refractivity contribution in [3.63, 3.8) is 0 Å². The van der Waals surface area contributed by atoms with Gasteiger partial charge in [0, 0.05) is 12.5 Å². The van der Waals surface area contributed by atoms with Crippen LogP contribution in [0, 0.1) is 16.4 Å². The molecule has 3 rings (SSSR count). The van der Waals surface area contributed by atoms with Crippen LogP contribution in [0.15, 0.2) is 11.1 Å². The van der Waals surface area contributed by atoms with Gasteiger partial charge in [-0.2, -0.15) is 0 Å². The van der Waals surface area contributed by atoms with E-state index in [0.717, 1.165) is 20.8 Å². The van der Waals surface area contributed by atoms with Gasteiger partial charge in [-0.05, 0) is 67.7 Å². The number of anilines is 1. The molecule has 4 atom stereocenters. The van der Waals surface area contributed by atoms with Gasteiger partial charge in [-0.3, -0.25) is 0 Å². The van der Waals surface area contributed by atoms with E-state index in [1.807, 2.05) is 20.1 Å². The van der Waals surface area contributed by atoms with Gasteiger partial charge in [0.2, 0.25) is 0 Å². The van der Waals surface area contributed by atoms with Crippen LogP contribution in [0.2, 0.25) is 0 Å². The zero-order valence-corrected chi connectivity index (χ0v) is 16.8. The first-order valence-corrected chi connectivity index (χ1v) is 10.1. The Labute approximate surface area is 155 Å². The van der Waals surface area contributed by atoms with Crippen molar-refractivity contribution in [2.24, 2.45) is 5.92 Å². The summed E-state index contributed by atoms with van der Waals surface area (Å²) in [6.45, 7) is 6.07. The number of halogens is 1. The Bertz CT molecular complexity index is 599. The molecule has 23 heavy (non-hydrogen) atoms. The maximum atomic E-state index is 9.66. The van der Waals surface area contributed by atoms with Gasteiger partial charge >= 0.3 is 0 Å². The minimum atomic E-state index is -0.597. The van der Waals surface area contributed by atoms with E-state index in [1.165, 1.54) is 5.56 Å². The van der Waals surface area contributed by atoms with Crippen molar-refractivity contribution in [1.29, 1.82) is 0 Å². The fourth-order valence-electron chi connectivity index (χ4n) is 3.41. The molecule has 0 bridgehead atoms. The van der Waals surface area contributed by atoms with Crippen LogP contribution in [0.5, 0.6) is 0 Å². The number of nitrogens with one attached hydrogen (secondary N) is 1. The monoisotopic (exact) mass is 450 g/mol. The minimum Gasteiger partial charge on any atom is -0.396 e. The van der Waals surface area contributed by atoms with Gasteiger partial charge in [0.1, 0.15) is 11.9 Å². The van der Waals surface area contributed by atoms with Crippen LogP contribution in [0.4, 0.5) is 5.82 Å². The van der Waals surface area contributed by atoms with E-state index in [0.29, 0.717) is 0 Å². The molecule has 2 aliphatic rings. The molecule has 1 aliphatic heterocycles. The molecule has 128 valence electrons.